The Bertz CT molecular complexity index is 387. The van der Waals surface area contributed by atoms with Crippen LogP contribution in [0.15, 0.2) is 6.20 Å². The van der Waals surface area contributed by atoms with Crippen molar-refractivity contribution in [2.45, 2.75) is 11.8 Å². The fourth-order valence-corrected chi connectivity index (χ4v) is 1.59. The second-order valence-corrected chi connectivity index (χ2v) is 2.96. The molecule has 0 saturated heterocycles. The molecule has 0 N–H and O–H groups in total. The van der Waals surface area contributed by atoms with Crippen molar-refractivity contribution >= 4 is 15.9 Å². The molecule has 0 amide bonds. The lowest BCUT2D eigenvalue weighted by molar-refractivity contribution is 0.150. The number of hydrogen-bond donors (Lipinski definition) is 0. The maximum atomic E-state index is 12.9. The summed E-state index contributed by atoms with van der Waals surface area (Å²) in [6, 6.07) is 1.51. The number of nitrogens with zero attached hydrogens (tertiary/aromatic N) is 2. The van der Waals surface area contributed by atoms with E-state index in [-0.39, 0.29) is 10.9 Å². The lowest BCUT2D eigenvalue weighted by Crippen LogP contribution is -2.01. The highest BCUT2D eigenvalue weighted by Crippen LogP contribution is 2.27. The van der Waals surface area contributed by atoms with Crippen LogP contribution in [0.1, 0.15) is 23.1 Å². The summed E-state index contributed by atoms with van der Waals surface area (Å²) >= 11 is 2.92. The second-order valence-electron chi connectivity index (χ2n) is 2.40. The number of halogens is 4. The number of nitriles is 1. The Balaban J connectivity index is 3.42. The van der Waals surface area contributed by atoms with E-state index < -0.39 is 23.5 Å². The summed E-state index contributed by atoms with van der Waals surface area (Å²) in [5.74, 6) is -1.02. The zero-order chi connectivity index (χ0) is 10.7. The van der Waals surface area contributed by atoms with Crippen LogP contribution in [0.2, 0.25) is 0 Å². The average Bonchev–Trinajstić information content (AvgIpc) is 2.16. The summed E-state index contributed by atoms with van der Waals surface area (Å²) in [6.07, 6.45) is -2.01. The van der Waals surface area contributed by atoms with Crippen LogP contribution in [0.25, 0.3) is 0 Å². The van der Waals surface area contributed by atoms with Crippen molar-refractivity contribution in [3.8, 4) is 6.07 Å². The predicted molar refractivity (Wildman–Crippen MR) is 46.5 cm³/mol. The summed E-state index contributed by atoms with van der Waals surface area (Å²) in [5.41, 5.74) is -0.894. The van der Waals surface area contributed by atoms with Gasteiger partial charge < -0.3 is 0 Å². The zero-order valence-electron chi connectivity index (χ0n) is 6.77. The molecule has 0 saturated carbocycles. The Morgan fingerprint density at radius 1 is 1.57 bits per heavy atom. The van der Waals surface area contributed by atoms with E-state index in [0.717, 1.165) is 6.20 Å². The van der Waals surface area contributed by atoms with E-state index in [9.17, 15) is 13.2 Å². The number of rotatable bonds is 2. The summed E-state index contributed by atoms with van der Waals surface area (Å²) < 4.78 is 37.6. The Hall–Kier alpha value is -1.09. The molecule has 0 aliphatic rings. The molecule has 1 aromatic heterocycles. The maximum Gasteiger partial charge on any atom is 0.265 e. The van der Waals surface area contributed by atoms with E-state index in [1.54, 1.807) is 0 Å². The third kappa shape index (κ3) is 1.87. The lowest BCUT2D eigenvalue weighted by Gasteiger charge is -2.07. The van der Waals surface area contributed by atoms with Crippen molar-refractivity contribution < 1.29 is 13.2 Å². The predicted octanol–water partition coefficient (Wildman–Crippen LogP) is 2.92. The molecule has 6 heteroatoms. The van der Waals surface area contributed by atoms with Gasteiger partial charge in [0, 0.05) is 17.1 Å². The van der Waals surface area contributed by atoms with Gasteiger partial charge in [0.2, 0.25) is 5.95 Å². The van der Waals surface area contributed by atoms with Crippen LogP contribution in [0.4, 0.5) is 13.2 Å². The first-order chi connectivity index (χ1) is 6.61. The zero-order valence-corrected chi connectivity index (χ0v) is 8.35. The van der Waals surface area contributed by atoms with Gasteiger partial charge in [-0.3, -0.25) is 0 Å². The molecule has 2 nitrogen and oxygen atoms in total. The topological polar surface area (TPSA) is 36.7 Å². The standard InChI is InChI=1S/C8H4BrF3N2/c9-1-4-5(2-13)8(12)14-3-6(4)7(10)11/h3,7H,1H2. The van der Waals surface area contributed by atoms with Crippen molar-refractivity contribution in [2.24, 2.45) is 0 Å². The van der Waals surface area contributed by atoms with Gasteiger partial charge in [0.05, 0.1) is 0 Å². The SMILES string of the molecule is N#Cc1c(F)ncc(C(F)F)c1CBr. The van der Waals surface area contributed by atoms with Gasteiger partial charge in [-0.05, 0) is 5.56 Å². The molecule has 1 aromatic rings. The van der Waals surface area contributed by atoms with Gasteiger partial charge in [-0.2, -0.15) is 9.65 Å². The van der Waals surface area contributed by atoms with Crippen molar-refractivity contribution in [3.05, 3.63) is 28.8 Å². The van der Waals surface area contributed by atoms with Crippen molar-refractivity contribution in [1.29, 1.82) is 5.26 Å². The van der Waals surface area contributed by atoms with E-state index in [4.69, 9.17) is 5.26 Å². The van der Waals surface area contributed by atoms with Gasteiger partial charge in [0.1, 0.15) is 11.6 Å². The molecule has 0 aliphatic heterocycles. The molecule has 0 unspecified atom stereocenters. The quantitative estimate of drug-likeness (QED) is 0.609. The average molecular weight is 265 g/mol. The fraction of sp³-hybridized carbons (Fsp3) is 0.250. The molecule has 0 aliphatic carbocycles. The van der Waals surface area contributed by atoms with E-state index in [2.05, 4.69) is 20.9 Å². The van der Waals surface area contributed by atoms with Gasteiger partial charge in [-0.1, -0.05) is 15.9 Å². The van der Waals surface area contributed by atoms with Gasteiger partial charge in [-0.15, -0.1) is 0 Å². The summed E-state index contributed by atoms with van der Waals surface area (Å²) in [7, 11) is 0. The van der Waals surface area contributed by atoms with E-state index in [1.165, 1.54) is 6.07 Å². The number of hydrogen-bond acceptors (Lipinski definition) is 2. The summed E-state index contributed by atoms with van der Waals surface area (Å²) in [4.78, 5) is 3.09. The molecule has 0 fully saturated rings. The Morgan fingerprint density at radius 2 is 2.21 bits per heavy atom. The van der Waals surface area contributed by atoms with Crippen molar-refractivity contribution in [1.82, 2.24) is 4.98 Å². The van der Waals surface area contributed by atoms with Crippen LogP contribution in [-0.4, -0.2) is 4.98 Å². The molecule has 74 valence electrons. The van der Waals surface area contributed by atoms with Crippen LogP contribution in [0.5, 0.6) is 0 Å². The number of pyridine rings is 1. The van der Waals surface area contributed by atoms with Gasteiger partial charge >= 0.3 is 0 Å². The van der Waals surface area contributed by atoms with Gasteiger partial charge in [0.25, 0.3) is 6.43 Å². The minimum absolute atomic E-state index is 0.00495. The lowest BCUT2D eigenvalue weighted by atomic mass is 10.1. The first-order valence-corrected chi connectivity index (χ1v) is 4.65. The van der Waals surface area contributed by atoms with Crippen LogP contribution >= 0.6 is 15.9 Å². The first kappa shape index (κ1) is 11.0. The molecule has 0 aromatic carbocycles. The summed E-state index contributed by atoms with van der Waals surface area (Å²) in [6.45, 7) is 0. The Kier molecular flexibility index (Phi) is 3.47. The molecular weight excluding hydrogens is 261 g/mol. The van der Waals surface area contributed by atoms with Crippen LogP contribution in [0.3, 0.4) is 0 Å². The normalized spacial score (nSPS) is 10.3. The third-order valence-corrected chi connectivity index (χ3v) is 2.21. The molecule has 0 radical (unpaired) electrons. The molecule has 0 atom stereocenters. The van der Waals surface area contributed by atoms with E-state index >= 15 is 0 Å². The highest BCUT2D eigenvalue weighted by atomic mass is 79.9. The highest BCUT2D eigenvalue weighted by Gasteiger charge is 2.19. The number of aromatic nitrogens is 1. The minimum atomic E-state index is -2.76. The number of alkyl halides is 3. The molecule has 1 rings (SSSR count). The van der Waals surface area contributed by atoms with Crippen LogP contribution in [-0.2, 0) is 5.33 Å². The molecular formula is C8H4BrF3N2. The van der Waals surface area contributed by atoms with Crippen LogP contribution in [0, 0.1) is 17.3 Å². The second kappa shape index (κ2) is 4.42. The molecule has 14 heavy (non-hydrogen) atoms. The maximum absolute atomic E-state index is 12.9. The van der Waals surface area contributed by atoms with Crippen LogP contribution < -0.4 is 0 Å². The minimum Gasteiger partial charge on any atom is -0.227 e. The van der Waals surface area contributed by atoms with Crippen molar-refractivity contribution in [2.75, 3.05) is 0 Å². The molecule has 0 bridgehead atoms. The molecule has 0 spiro atoms. The smallest absolute Gasteiger partial charge is 0.227 e. The monoisotopic (exact) mass is 264 g/mol. The van der Waals surface area contributed by atoms with E-state index in [0.29, 0.717) is 0 Å². The molecule has 1 heterocycles. The van der Waals surface area contributed by atoms with Crippen molar-refractivity contribution in [3.63, 3.8) is 0 Å². The van der Waals surface area contributed by atoms with Gasteiger partial charge in [0.15, 0.2) is 0 Å². The van der Waals surface area contributed by atoms with Gasteiger partial charge in [-0.25, -0.2) is 13.8 Å². The summed E-state index contributed by atoms with van der Waals surface area (Å²) in [5, 5.41) is 8.54. The third-order valence-electron chi connectivity index (χ3n) is 1.65. The van der Waals surface area contributed by atoms with E-state index in [1.807, 2.05) is 0 Å². The Labute approximate surface area is 86.5 Å². The highest BCUT2D eigenvalue weighted by molar-refractivity contribution is 9.08. The largest absolute Gasteiger partial charge is 0.265 e. The Morgan fingerprint density at radius 3 is 2.64 bits per heavy atom. The first-order valence-electron chi connectivity index (χ1n) is 3.53. The fourth-order valence-electron chi connectivity index (χ4n) is 0.983.